The second-order valence-electron chi connectivity index (χ2n) is 6.70. The predicted molar refractivity (Wildman–Crippen MR) is 88.7 cm³/mol. The third-order valence-electron chi connectivity index (χ3n) is 4.82. The van der Waals surface area contributed by atoms with E-state index in [1.165, 1.54) is 31.5 Å². The van der Waals surface area contributed by atoms with Crippen LogP contribution in [0.15, 0.2) is 24.3 Å². The van der Waals surface area contributed by atoms with Gasteiger partial charge in [-0.15, -0.1) is 0 Å². The summed E-state index contributed by atoms with van der Waals surface area (Å²) in [6, 6.07) is 8.72. The van der Waals surface area contributed by atoms with Crippen molar-refractivity contribution in [2.75, 3.05) is 20.1 Å². The smallest absolute Gasteiger partial charge is 0.115 e. The summed E-state index contributed by atoms with van der Waals surface area (Å²) in [4.78, 5) is 2.43. The van der Waals surface area contributed by atoms with Crippen LogP contribution in [0.1, 0.15) is 38.7 Å². The van der Waals surface area contributed by atoms with E-state index >= 15 is 0 Å². The van der Waals surface area contributed by atoms with Gasteiger partial charge in [-0.05, 0) is 83.3 Å². The van der Waals surface area contributed by atoms with E-state index in [-0.39, 0.29) is 0 Å². The molecule has 1 saturated heterocycles. The van der Waals surface area contributed by atoms with Crippen LogP contribution in [0, 0.1) is 5.92 Å². The molecule has 0 amide bonds. The van der Waals surface area contributed by atoms with Gasteiger partial charge in [-0.25, -0.2) is 0 Å². The Bertz CT molecular complexity index is 410. The first-order chi connectivity index (χ1) is 10.0. The first-order valence-corrected chi connectivity index (χ1v) is 8.27. The molecule has 0 radical (unpaired) electrons. The van der Waals surface area contributed by atoms with Crippen LogP contribution < -0.4 is 5.32 Å². The van der Waals surface area contributed by atoms with Crippen molar-refractivity contribution in [1.29, 1.82) is 0 Å². The monoisotopic (exact) mass is 290 g/mol. The van der Waals surface area contributed by atoms with Crippen LogP contribution in [0.5, 0.6) is 5.75 Å². The maximum absolute atomic E-state index is 9.30. The van der Waals surface area contributed by atoms with Crippen molar-refractivity contribution in [3.05, 3.63) is 29.8 Å². The van der Waals surface area contributed by atoms with Gasteiger partial charge in [-0.2, -0.15) is 0 Å². The van der Waals surface area contributed by atoms with Gasteiger partial charge in [0.05, 0.1) is 0 Å². The Morgan fingerprint density at radius 1 is 1.19 bits per heavy atom. The summed E-state index contributed by atoms with van der Waals surface area (Å²) >= 11 is 0. The van der Waals surface area contributed by atoms with Crippen LogP contribution in [0.25, 0.3) is 0 Å². The number of rotatable bonds is 6. The number of benzene rings is 1. The summed E-state index contributed by atoms with van der Waals surface area (Å²) in [5.74, 6) is 1.16. The second kappa shape index (κ2) is 7.81. The van der Waals surface area contributed by atoms with Crippen LogP contribution >= 0.6 is 0 Å². The molecule has 1 heterocycles. The van der Waals surface area contributed by atoms with Crippen molar-refractivity contribution in [2.45, 2.75) is 51.6 Å². The van der Waals surface area contributed by atoms with Gasteiger partial charge in [0.1, 0.15) is 5.75 Å². The number of phenolic OH excluding ortho intramolecular Hbond substituents is 1. The van der Waals surface area contributed by atoms with Crippen LogP contribution in [0.2, 0.25) is 0 Å². The van der Waals surface area contributed by atoms with E-state index in [1.54, 1.807) is 12.1 Å². The number of phenols is 1. The summed E-state index contributed by atoms with van der Waals surface area (Å²) < 4.78 is 0. The molecule has 2 N–H and O–H groups in total. The number of aromatic hydroxyl groups is 1. The highest BCUT2D eigenvalue weighted by atomic mass is 16.3. The van der Waals surface area contributed by atoms with Gasteiger partial charge < -0.3 is 15.3 Å². The van der Waals surface area contributed by atoms with Crippen LogP contribution in [-0.4, -0.2) is 42.2 Å². The molecule has 0 aliphatic carbocycles. The lowest BCUT2D eigenvalue weighted by molar-refractivity contribution is 0.184. The largest absolute Gasteiger partial charge is 0.508 e. The Morgan fingerprint density at radius 2 is 1.81 bits per heavy atom. The van der Waals surface area contributed by atoms with Gasteiger partial charge in [-0.3, -0.25) is 0 Å². The molecule has 3 heteroatoms. The van der Waals surface area contributed by atoms with Gasteiger partial charge in [0.2, 0.25) is 0 Å². The first-order valence-electron chi connectivity index (χ1n) is 8.27. The van der Waals surface area contributed by atoms with Crippen molar-refractivity contribution in [2.24, 2.45) is 5.92 Å². The number of hydrogen-bond acceptors (Lipinski definition) is 3. The molecule has 1 aromatic carbocycles. The third-order valence-corrected chi connectivity index (χ3v) is 4.82. The summed E-state index contributed by atoms with van der Waals surface area (Å²) in [6.45, 7) is 7.09. The Kier molecular flexibility index (Phi) is 6.07. The lowest BCUT2D eigenvalue weighted by Gasteiger charge is -2.34. The molecule has 0 aromatic heterocycles. The molecule has 2 rings (SSSR count). The Morgan fingerprint density at radius 3 is 2.43 bits per heavy atom. The van der Waals surface area contributed by atoms with Gasteiger partial charge in [0.15, 0.2) is 0 Å². The molecule has 1 aliphatic rings. The van der Waals surface area contributed by atoms with Gasteiger partial charge in [0, 0.05) is 12.1 Å². The number of nitrogens with zero attached hydrogens (tertiary/aromatic N) is 1. The minimum Gasteiger partial charge on any atom is -0.508 e. The topological polar surface area (TPSA) is 35.5 Å². The number of piperidine rings is 1. The summed E-state index contributed by atoms with van der Waals surface area (Å²) in [5.41, 5.74) is 1.30. The van der Waals surface area contributed by atoms with Crippen LogP contribution in [0.4, 0.5) is 0 Å². The summed E-state index contributed by atoms with van der Waals surface area (Å²) in [5, 5.41) is 13.1. The molecular weight excluding hydrogens is 260 g/mol. The zero-order valence-corrected chi connectivity index (χ0v) is 13.7. The fraction of sp³-hybridized carbons (Fsp3) is 0.667. The molecule has 118 valence electrons. The van der Waals surface area contributed by atoms with Crippen molar-refractivity contribution >= 4 is 0 Å². The lowest BCUT2D eigenvalue weighted by Crippen LogP contribution is -2.44. The number of hydrogen-bond donors (Lipinski definition) is 2. The van der Waals surface area contributed by atoms with E-state index in [1.807, 2.05) is 12.1 Å². The molecule has 2 atom stereocenters. The molecule has 21 heavy (non-hydrogen) atoms. The average molecular weight is 290 g/mol. The van der Waals surface area contributed by atoms with E-state index in [2.05, 4.69) is 31.1 Å². The Hall–Kier alpha value is -1.06. The third kappa shape index (κ3) is 5.33. The maximum Gasteiger partial charge on any atom is 0.115 e. The highest BCUT2D eigenvalue weighted by molar-refractivity contribution is 5.25. The normalized spacial score (nSPS) is 20.3. The fourth-order valence-electron chi connectivity index (χ4n) is 3.24. The van der Waals surface area contributed by atoms with E-state index in [9.17, 15) is 5.11 Å². The van der Waals surface area contributed by atoms with Gasteiger partial charge in [0.25, 0.3) is 0 Å². The molecule has 0 spiro atoms. The quantitative estimate of drug-likeness (QED) is 0.845. The second-order valence-corrected chi connectivity index (χ2v) is 6.70. The molecule has 2 unspecified atom stereocenters. The first kappa shape index (κ1) is 16.3. The molecule has 1 aliphatic heterocycles. The van der Waals surface area contributed by atoms with E-state index in [4.69, 9.17) is 0 Å². The van der Waals surface area contributed by atoms with Crippen molar-refractivity contribution < 1.29 is 5.11 Å². The fourth-order valence-corrected chi connectivity index (χ4v) is 3.24. The SMILES string of the molecule is CC(CCc1ccc(O)cc1)NC(C)C1CCN(C)CC1. The highest BCUT2D eigenvalue weighted by Gasteiger charge is 2.22. The van der Waals surface area contributed by atoms with Crippen molar-refractivity contribution in [3.8, 4) is 5.75 Å². The van der Waals surface area contributed by atoms with Crippen molar-refractivity contribution in [3.63, 3.8) is 0 Å². The van der Waals surface area contributed by atoms with Crippen LogP contribution in [-0.2, 0) is 6.42 Å². The Balaban J connectivity index is 1.71. The van der Waals surface area contributed by atoms with E-state index in [0.29, 0.717) is 17.8 Å². The lowest BCUT2D eigenvalue weighted by atomic mass is 9.90. The van der Waals surface area contributed by atoms with E-state index in [0.717, 1.165) is 18.8 Å². The molecule has 1 aromatic rings. The average Bonchev–Trinajstić information content (AvgIpc) is 2.47. The minimum absolute atomic E-state index is 0.348. The highest BCUT2D eigenvalue weighted by Crippen LogP contribution is 2.20. The zero-order valence-electron chi connectivity index (χ0n) is 13.7. The predicted octanol–water partition coefficient (Wildman–Crippen LogP) is 3.03. The maximum atomic E-state index is 9.30. The van der Waals surface area contributed by atoms with E-state index < -0.39 is 0 Å². The number of aryl methyl sites for hydroxylation is 1. The van der Waals surface area contributed by atoms with Gasteiger partial charge >= 0.3 is 0 Å². The minimum atomic E-state index is 0.348. The van der Waals surface area contributed by atoms with Crippen LogP contribution in [0.3, 0.4) is 0 Å². The number of likely N-dealkylation sites (tertiary alicyclic amines) is 1. The zero-order chi connectivity index (χ0) is 15.2. The van der Waals surface area contributed by atoms with Crippen molar-refractivity contribution in [1.82, 2.24) is 10.2 Å². The summed E-state index contributed by atoms with van der Waals surface area (Å²) in [6.07, 6.45) is 4.83. The summed E-state index contributed by atoms with van der Waals surface area (Å²) in [7, 11) is 2.22. The van der Waals surface area contributed by atoms with Gasteiger partial charge in [-0.1, -0.05) is 12.1 Å². The molecule has 1 fully saturated rings. The standard InChI is InChI=1S/C18H30N2O/c1-14(4-5-16-6-8-18(21)9-7-16)19-15(2)17-10-12-20(3)13-11-17/h6-9,14-15,17,19,21H,4-5,10-13H2,1-3H3. The number of nitrogens with one attached hydrogen (secondary N) is 1. The molecule has 0 saturated carbocycles. The molecule has 3 nitrogen and oxygen atoms in total. The molecular formula is C18H30N2O. The molecule has 0 bridgehead atoms. The Labute approximate surface area is 129 Å².